The number of aliphatic hydroxyl groups excluding tert-OH is 4. The number of hydrogen-bond acceptors (Lipinski definition) is 6. The minimum atomic E-state index is -1.61. The molecule has 6 nitrogen and oxygen atoms in total. The Morgan fingerprint density at radius 2 is 2.00 bits per heavy atom. The van der Waals surface area contributed by atoms with Crippen molar-refractivity contribution in [2.75, 3.05) is 19.8 Å². The van der Waals surface area contributed by atoms with Gasteiger partial charge < -0.3 is 29.9 Å². The maximum absolute atomic E-state index is 9.57. The molecule has 1 aliphatic heterocycles. The van der Waals surface area contributed by atoms with Crippen molar-refractivity contribution in [2.24, 2.45) is 0 Å². The summed E-state index contributed by atoms with van der Waals surface area (Å²) < 4.78 is 10.2. The average Bonchev–Trinajstić information content (AvgIpc) is 2.44. The van der Waals surface area contributed by atoms with Crippen LogP contribution in [0.25, 0.3) is 0 Å². The van der Waals surface area contributed by atoms with Crippen LogP contribution in [0, 0.1) is 0 Å². The molecule has 0 aromatic carbocycles. The highest BCUT2D eigenvalue weighted by molar-refractivity contribution is 4.96. The van der Waals surface area contributed by atoms with Crippen molar-refractivity contribution in [1.82, 2.24) is 0 Å². The summed E-state index contributed by atoms with van der Waals surface area (Å²) in [6.07, 6.45) is -3.54. The van der Waals surface area contributed by atoms with Crippen molar-refractivity contribution in [2.45, 2.75) is 31.0 Å². The molecule has 1 fully saturated rings. The summed E-state index contributed by atoms with van der Waals surface area (Å²) in [6, 6.07) is 0. The monoisotopic (exact) mass is 208 g/mol. The van der Waals surface area contributed by atoms with Gasteiger partial charge in [0.25, 0.3) is 0 Å². The van der Waals surface area contributed by atoms with E-state index in [4.69, 9.17) is 19.7 Å². The van der Waals surface area contributed by atoms with Gasteiger partial charge in [0.15, 0.2) is 0 Å². The molecule has 0 aliphatic carbocycles. The lowest BCUT2D eigenvalue weighted by Gasteiger charge is -2.29. The molecule has 1 aliphatic rings. The Morgan fingerprint density at radius 1 is 1.36 bits per heavy atom. The van der Waals surface area contributed by atoms with Crippen molar-refractivity contribution in [3.05, 3.63) is 0 Å². The first kappa shape index (κ1) is 11.8. The molecule has 0 unspecified atom stereocenters. The van der Waals surface area contributed by atoms with Crippen molar-refractivity contribution in [3.63, 3.8) is 0 Å². The van der Waals surface area contributed by atoms with Crippen LogP contribution in [0.15, 0.2) is 0 Å². The predicted octanol–water partition coefficient (Wildman–Crippen LogP) is -2.18. The van der Waals surface area contributed by atoms with Crippen LogP contribution in [0.5, 0.6) is 0 Å². The minimum Gasteiger partial charge on any atom is -0.394 e. The van der Waals surface area contributed by atoms with Crippen LogP contribution in [-0.4, -0.2) is 64.3 Å². The molecular weight excluding hydrogens is 192 g/mol. The van der Waals surface area contributed by atoms with Crippen LogP contribution in [0.2, 0.25) is 0 Å². The highest BCUT2D eigenvalue weighted by Crippen LogP contribution is 2.31. The molecule has 14 heavy (non-hydrogen) atoms. The summed E-state index contributed by atoms with van der Waals surface area (Å²) in [4.78, 5) is 0. The van der Waals surface area contributed by atoms with Crippen LogP contribution in [0.1, 0.15) is 6.92 Å². The fourth-order valence-corrected chi connectivity index (χ4v) is 1.54. The van der Waals surface area contributed by atoms with E-state index < -0.39 is 37.3 Å². The first-order valence-corrected chi connectivity index (χ1v) is 4.51. The van der Waals surface area contributed by atoms with E-state index >= 15 is 0 Å². The first-order valence-electron chi connectivity index (χ1n) is 4.51. The summed E-state index contributed by atoms with van der Waals surface area (Å²) >= 11 is 0. The maximum Gasteiger partial charge on any atom is 0.221 e. The SMILES string of the molecule is CCO[C@]1(CO)O[C@H](CO)[C@H](O)[C@@H]1O. The standard InChI is InChI=1S/C8H16O6/c1-2-13-8(4-10)7(12)6(11)5(3-9)14-8/h5-7,9-12H,2-4H2,1H3/t5-,6+,7+,8-/m1/s1. The molecule has 0 aromatic heterocycles. The summed E-state index contributed by atoms with van der Waals surface area (Å²) in [5, 5.41) is 36.9. The highest BCUT2D eigenvalue weighted by atomic mass is 16.7. The van der Waals surface area contributed by atoms with E-state index in [0.717, 1.165) is 0 Å². The fourth-order valence-electron chi connectivity index (χ4n) is 1.54. The Hall–Kier alpha value is -0.240. The molecule has 0 bridgehead atoms. The lowest BCUT2D eigenvalue weighted by molar-refractivity contribution is -0.274. The van der Waals surface area contributed by atoms with Gasteiger partial charge in [-0.1, -0.05) is 0 Å². The average molecular weight is 208 g/mol. The first-order chi connectivity index (χ1) is 6.61. The van der Waals surface area contributed by atoms with E-state index in [2.05, 4.69) is 0 Å². The third kappa shape index (κ3) is 1.77. The predicted molar refractivity (Wildman–Crippen MR) is 45.4 cm³/mol. The van der Waals surface area contributed by atoms with Crippen LogP contribution in [0.3, 0.4) is 0 Å². The topological polar surface area (TPSA) is 99.4 Å². The van der Waals surface area contributed by atoms with Gasteiger partial charge in [0, 0.05) is 6.61 Å². The molecule has 1 heterocycles. The van der Waals surface area contributed by atoms with Gasteiger partial charge in [-0.15, -0.1) is 0 Å². The molecule has 1 rings (SSSR count). The number of ether oxygens (including phenoxy) is 2. The molecule has 0 spiro atoms. The zero-order valence-corrected chi connectivity index (χ0v) is 7.96. The van der Waals surface area contributed by atoms with Crippen molar-refractivity contribution >= 4 is 0 Å². The van der Waals surface area contributed by atoms with E-state index in [0.29, 0.717) is 0 Å². The quantitative estimate of drug-likeness (QED) is 0.419. The third-order valence-electron chi connectivity index (χ3n) is 2.29. The van der Waals surface area contributed by atoms with Gasteiger partial charge in [-0.2, -0.15) is 0 Å². The number of aliphatic hydroxyl groups is 4. The van der Waals surface area contributed by atoms with Gasteiger partial charge in [0.05, 0.1) is 6.61 Å². The van der Waals surface area contributed by atoms with Crippen molar-refractivity contribution < 1.29 is 29.9 Å². The third-order valence-corrected chi connectivity index (χ3v) is 2.29. The zero-order chi connectivity index (χ0) is 10.8. The van der Waals surface area contributed by atoms with Gasteiger partial charge >= 0.3 is 0 Å². The Morgan fingerprint density at radius 3 is 2.36 bits per heavy atom. The summed E-state index contributed by atoms with van der Waals surface area (Å²) in [5.41, 5.74) is 0. The van der Waals surface area contributed by atoms with Gasteiger partial charge in [-0.05, 0) is 6.92 Å². The van der Waals surface area contributed by atoms with E-state index in [1.165, 1.54) is 0 Å². The Bertz CT molecular complexity index is 187. The normalized spacial score (nSPS) is 43.1. The van der Waals surface area contributed by atoms with Crippen molar-refractivity contribution in [1.29, 1.82) is 0 Å². The van der Waals surface area contributed by atoms with Crippen molar-refractivity contribution in [3.8, 4) is 0 Å². The fraction of sp³-hybridized carbons (Fsp3) is 1.00. The molecule has 1 saturated heterocycles. The second-order valence-corrected chi connectivity index (χ2v) is 3.18. The molecule has 0 aromatic rings. The number of hydrogen-bond donors (Lipinski definition) is 4. The Kier molecular flexibility index (Phi) is 3.82. The molecule has 0 saturated carbocycles. The lowest BCUT2D eigenvalue weighted by atomic mass is 10.1. The second-order valence-electron chi connectivity index (χ2n) is 3.18. The van der Waals surface area contributed by atoms with Crippen LogP contribution < -0.4 is 0 Å². The van der Waals surface area contributed by atoms with Crippen LogP contribution >= 0.6 is 0 Å². The largest absolute Gasteiger partial charge is 0.394 e. The van der Waals surface area contributed by atoms with Gasteiger partial charge in [-0.3, -0.25) is 0 Å². The summed E-state index contributed by atoms with van der Waals surface area (Å²) in [6.45, 7) is 0.886. The smallest absolute Gasteiger partial charge is 0.221 e. The number of rotatable bonds is 4. The van der Waals surface area contributed by atoms with Gasteiger partial charge in [0.1, 0.15) is 24.9 Å². The van der Waals surface area contributed by atoms with E-state index in [1.807, 2.05) is 0 Å². The van der Waals surface area contributed by atoms with Crippen LogP contribution in [0.4, 0.5) is 0 Å². The molecule has 4 N–H and O–H groups in total. The Balaban J connectivity index is 2.78. The summed E-state index contributed by atoms with van der Waals surface area (Å²) in [7, 11) is 0. The molecule has 84 valence electrons. The summed E-state index contributed by atoms with van der Waals surface area (Å²) in [5.74, 6) is -1.61. The van der Waals surface area contributed by atoms with Crippen LogP contribution in [-0.2, 0) is 9.47 Å². The minimum absolute atomic E-state index is 0.225. The maximum atomic E-state index is 9.57. The molecule has 6 heteroatoms. The molecule has 4 atom stereocenters. The van der Waals surface area contributed by atoms with Gasteiger partial charge in [0.2, 0.25) is 5.79 Å². The lowest BCUT2D eigenvalue weighted by Crippen LogP contribution is -2.48. The molecular formula is C8H16O6. The van der Waals surface area contributed by atoms with Gasteiger partial charge in [-0.25, -0.2) is 0 Å². The molecule has 0 radical (unpaired) electrons. The molecule has 0 amide bonds. The van der Waals surface area contributed by atoms with E-state index in [9.17, 15) is 10.2 Å². The second kappa shape index (κ2) is 4.52. The highest BCUT2D eigenvalue weighted by Gasteiger charge is 2.54. The Labute approximate surface area is 81.7 Å². The van der Waals surface area contributed by atoms with E-state index in [1.54, 1.807) is 6.92 Å². The zero-order valence-electron chi connectivity index (χ0n) is 7.96. The van der Waals surface area contributed by atoms with E-state index in [-0.39, 0.29) is 6.61 Å².